The molecule has 0 aliphatic heterocycles. The number of benzene rings is 2. The smallest absolute Gasteiger partial charge is 0.339 e. The quantitative estimate of drug-likeness (QED) is 0.587. The molecule has 3 aromatic rings. The molecule has 0 fully saturated rings. The zero-order valence-corrected chi connectivity index (χ0v) is 16.0. The van der Waals surface area contributed by atoms with Crippen molar-refractivity contribution in [3.63, 3.8) is 0 Å². The number of para-hydroxylation sites is 1. The van der Waals surface area contributed by atoms with E-state index < -0.39 is 5.97 Å². The van der Waals surface area contributed by atoms with E-state index in [1.165, 1.54) is 7.11 Å². The molecule has 0 bridgehead atoms. The number of ether oxygens (including phenoxy) is 2. The predicted molar refractivity (Wildman–Crippen MR) is 109 cm³/mol. The molecular formula is C21H22N4O3. The van der Waals surface area contributed by atoms with Crippen molar-refractivity contribution < 1.29 is 14.3 Å². The minimum absolute atomic E-state index is 0.379. The van der Waals surface area contributed by atoms with E-state index in [-0.39, 0.29) is 0 Å². The monoisotopic (exact) mass is 378 g/mol. The summed E-state index contributed by atoms with van der Waals surface area (Å²) in [7, 11) is 1.35. The molecular weight excluding hydrogens is 356 g/mol. The number of carbonyl (C=O) groups excluding carboxylic acids is 1. The summed E-state index contributed by atoms with van der Waals surface area (Å²) in [4.78, 5) is 20.8. The van der Waals surface area contributed by atoms with Crippen LogP contribution in [-0.2, 0) is 4.74 Å². The Morgan fingerprint density at radius 1 is 1.04 bits per heavy atom. The molecule has 0 aliphatic carbocycles. The van der Waals surface area contributed by atoms with Gasteiger partial charge < -0.3 is 20.1 Å². The Kier molecular flexibility index (Phi) is 6.06. The Labute approximate surface area is 163 Å². The summed E-state index contributed by atoms with van der Waals surface area (Å²) in [5.41, 5.74) is 2.65. The molecule has 1 aromatic heterocycles. The van der Waals surface area contributed by atoms with Crippen LogP contribution in [0.3, 0.4) is 0 Å². The van der Waals surface area contributed by atoms with Crippen LogP contribution in [0.4, 0.5) is 23.1 Å². The highest BCUT2D eigenvalue weighted by molar-refractivity contribution is 5.96. The fraction of sp³-hybridized carbons (Fsp3) is 0.190. The molecule has 0 unspecified atom stereocenters. The maximum Gasteiger partial charge on any atom is 0.339 e. The summed E-state index contributed by atoms with van der Waals surface area (Å²) in [6.45, 7) is 4.45. The largest absolute Gasteiger partial charge is 0.494 e. The SMILES string of the molecule is CCOc1ccc(Nc2cc(C)nc(Nc3ccccc3C(=O)OC)n2)cc1. The van der Waals surface area contributed by atoms with Crippen molar-refractivity contribution in [1.29, 1.82) is 0 Å². The molecule has 3 rings (SSSR count). The maximum absolute atomic E-state index is 11.9. The highest BCUT2D eigenvalue weighted by atomic mass is 16.5. The van der Waals surface area contributed by atoms with Crippen LogP contribution in [0.5, 0.6) is 5.75 Å². The topological polar surface area (TPSA) is 85.4 Å². The third-order valence-electron chi connectivity index (χ3n) is 3.87. The number of esters is 1. The molecule has 28 heavy (non-hydrogen) atoms. The first kappa shape index (κ1) is 19.2. The number of hydrogen-bond acceptors (Lipinski definition) is 7. The molecule has 0 saturated carbocycles. The van der Waals surface area contributed by atoms with E-state index in [9.17, 15) is 4.79 Å². The van der Waals surface area contributed by atoms with E-state index in [0.29, 0.717) is 29.6 Å². The first-order valence-corrected chi connectivity index (χ1v) is 8.89. The summed E-state index contributed by atoms with van der Waals surface area (Å²) in [6.07, 6.45) is 0. The second kappa shape index (κ2) is 8.85. The van der Waals surface area contributed by atoms with Crippen LogP contribution < -0.4 is 15.4 Å². The number of methoxy groups -OCH3 is 1. The lowest BCUT2D eigenvalue weighted by molar-refractivity contribution is 0.0602. The zero-order valence-electron chi connectivity index (χ0n) is 16.0. The van der Waals surface area contributed by atoms with Crippen LogP contribution in [0, 0.1) is 6.92 Å². The van der Waals surface area contributed by atoms with Gasteiger partial charge in [0, 0.05) is 17.4 Å². The van der Waals surface area contributed by atoms with Gasteiger partial charge in [-0.1, -0.05) is 12.1 Å². The molecule has 0 spiro atoms. The van der Waals surface area contributed by atoms with Gasteiger partial charge in [0.15, 0.2) is 0 Å². The van der Waals surface area contributed by atoms with Crippen molar-refractivity contribution in [2.24, 2.45) is 0 Å². The second-order valence-corrected chi connectivity index (χ2v) is 5.96. The first-order valence-electron chi connectivity index (χ1n) is 8.89. The normalized spacial score (nSPS) is 10.2. The Morgan fingerprint density at radius 2 is 1.79 bits per heavy atom. The lowest BCUT2D eigenvalue weighted by Crippen LogP contribution is -2.08. The third-order valence-corrected chi connectivity index (χ3v) is 3.87. The van der Waals surface area contributed by atoms with E-state index in [2.05, 4.69) is 20.6 Å². The Hall–Kier alpha value is -3.61. The Balaban J connectivity index is 1.81. The number of rotatable bonds is 7. The average Bonchev–Trinajstić information content (AvgIpc) is 2.69. The van der Waals surface area contributed by atoms with Gasteiger partial charge in [-0.2, -0.15) is 4.98 Å². The van der Waals surface area contributed by atoms with Crippen molar-refractivity contribution in [3.8, 4) is 5.75 Å². The lowest BCUT2D eigenvalue weighted by Gasteiger charge is -2.12. The molecule has 2 N–H and O–H groups in total. The molecule has 7 heteroatoms. The molecule has 0 amide bonds. The first-order chi connectivity index (χ1) is 13.6. The van der Waals surface area contributed by atoms with Crippen LogP contribution in [0.15, 0.2) is 54.6 Å². The Bertz CT molecular complexity index is 958. The standard InChI is InChI=1S/C21H22N4O3/c1-4-28-16-11-9-15(10-12-16)23-19-13-14(2)22-21(25-19)24-18-8-6-5-7-17(18)20(26)27-3/h5-13H,4H2,1-3H3,(H2,22,23,24,25). The van der Waals surface area contributed by atoms with Gasteiger partial charge in [-0.05, 0) is 50.2 Å². The van der Waals surface area contributed by atoms with Crippen molar-refractivity contribution in [1.82, 2.24) is 9.97 Å². The summed E-state index contributed by atoms with van der Waals surface area (Å²) in [6, 6.07) is 16.5. The maximum atomic E-state index is 11.9. The third kappa shape index (κ3) is 4.76. The van der Waals surface area contributed by atoms with Gasteiger partial charge in [-0.3, -0.25) is 0 Å². The number of hydrogen-bond donors (Lipinski definition) is 2. The van der Waals surface area contributed by atoms with E-state index in [0.717, 1.165) is 17.1 Å². The number of nitrogens with zero attached hydrogens (tertiary/aromatic N) is 2. The number of nitrogens with one attached hydrogen (secondary N) is 2. The molecule has 1 heterocycles. The average molecular weight is 378 g/mol. The van der Waals surface area contributed by atoms with Crippen LogP contribution in [-0.4, -0.2) is 29.7 Å². The Morgan fingerprint density at radius 3 is 2.50 bits per heavy atom. The van der Waals surface area contributed by atoms with E-state index in [1.54, 1.807) is 18.2 Å². The van der Waals surface area contributed by atoms with Gasteiger partial charge >= 0.3 is 5.97 Å². The summed E-state index contributed by atoms with van der Waals surface area (Å²) in [5, 5.41) is 6.35. The van der Waals surface area contributed by atoms with Crippen LogP contribution in [0.25, 0.3) is 0 Å². The fourth-order valence-electron chi connectivity index (χ4n) is 2.64. The predicted octanol–water partition coefficient (Wildman–Crippen LogP) is 4.46. The van der Waals surface area contributed by atoms with Gasteiger partial charge in [-0.15, -0.1) is 0 Å². The minimum Gasteiger partial charge on any atom is -0.494 e. The number of carbonyl (C=O) groups is 1. The van der Waals surface area contributed by atoms with Gasteiger partial charge in [0.2, 0.25) is 5.95 Å². The molecule has 0 aliphatic rings. The molecule has 144 valence electrons. The van der Waals surface area contributed by atoms with E-state index in [1.807, 2.05) is 50.2 Å². The molecule has 2 aromatic carbocycles. The van der Waals surface area contributed by atoms with Crippen LogP contribution >= 0.6 is 0 Å². The second-order valence-electron chi connectivity index (χ2n) is 5.96. The van der Waals surface area contributed by atoms with Gasteiger partial charge in [0.05, 0.1) is 25.0 Å². The lowest BCUT2D eigenvalue weighted by atomic mass is 10.2. The van der Waals surface area contributed by atoms with Gasteiger partial charge in [-0.25, -0.2) is 9.78 Å². The van der Waals surface area contributed by atoms with E-state index in [4.69, 9.17) is 9.47 Å². The zero-order chi connectivity index (χ0) is 19.9. The highest BCUT2D eigenvalue weighted by Gasteiger charge is 2.12. The summed E-state index contributed by atoms with van der Waals surface area (Å²) >= 11 is 0. The van der Waals surface area contributed by atoms with Crippen LogP contribution in [0.2, 0.25) is 0 Å². The number of aryl methyl sites for hydroxylation is 1. The van der Waals surface area contributed by atoms with Crippen molar-refractivity contribution >= 4 is 29.1 Å². The van der Waals surface area contributed by atoms with Crippen molar-refractivity contribution in [2.45, 2.75) is 13.8 Å². The summed E-state index contributed by atoms with van der Waals surface area (Å²) in [5.74, 6) is 1.40. The highest BCUT2D eigenvalue weighted by Crippen LogP contribution is 2.23. The number of anilines is 4. The summed E-state index contributed by atoms with van der Waals surface area (Å²) < 4.78 is 10.3. The fourth-order valence-corrected chi connectivity index (χ4v) is 2.64. The van der Waals surface area contributed by atoms with Crippen molar-refractivity contribution in [2.75, 3.05) is 24.4 Å². The molecule has 0 atom stereocenters. The van der Waals surface area contributed by atoms with E-state index >= 15 is 0 Å². The molecule has 0 saturated heterocycles. The molecule has 7 nitrogen and oxygen atoms in total. The van der Waals surface area contributed by atoms with Crippen molar-refractivity contribution in [3.05, 3.63) is 65.9 Å². The number of aromatic nitrogens is 2. The van der Waals surface area contributed by atoms with Gasteiger partial charge in [0.25, 0.3) is 0 Å². The van der Waals surface area contributed by atoms with Crippen LogP contribution in [0.1, 0.15) is 23.0 Å². The van der Waals surface area contributed by atoms with Gasteiger partial charge in [0.1, 0.15) is 11.6 Å². The minimum atomic E-state index is -0.427. The molecule has 0 radical (unpaired) electrons.